The first-order valence-corrected chi connectivity index (χ1v) is 7.93. The van der Waals surface area contributed by atoms with E-state index in [4.69, 9.17) is 9.47 Å². The third-order valence-corrected chi connectivity index (χ3v) is 3.72. The molecule has 1 N–H and O–H groups in total. The lowest BCUT2D eigenvalue weighted by Crippen LogP contribution is -2.42. The molecule has 2 heterocycles. The summed E-state index contributed by atoms with van der Waals surface area (Å²) in [6, 6.07) is 3.52. The lowest BCUT2D eigenvalue weighted by molar-refractivity contribution is -0.275. The molecule has 0 aliphatic carbocycles. The van der Waals surface area contributed by atoms with E-state index in [9.17, 15) is 26.7 Å². The molecule has 0 spiro atoms. The molecule has 1 aromatic heterocycles. The van der Waals surface area contributed by atoms with Gasteiger partial charge in [0.05, 0.1) is 13.2 Å². The maximum atomic E-state index is 14.2. The second-order valence-corrected chi connectivity index (χ2v) is 5.75. The summed E-state index contributed by atoms with van der Waals surface area (Å²) in [5.74, 6) is -3.22. The van der Waals surface area contributed by atoms with Crippen LogP contribution in [-0.4, -0.2) is 36.8 Å². The smallest absolute Gasteiger partial charge is 0.441 e. The number of benzene rings is 1. The monoisotopic (exact) mass is 404 g/mol. The Bertz CT molecular complexity index is 858. The summed E-state index contributed by atoms with van der Waals surface area (Å²) in [4.78, 5) is 15.9. The van der Waals surface area contributed by atoms with Crippen molar-refractivity contribution in [2.24, 2.45) is 0 Å². The average molecular weight is 404 g/mol. The molecule has 1 atom stereocenters. The summed E-state index contributed by atoms with van der Waals surface area (Å²) >= 11 is 0. The first kappa shape index (κ1) is 19.8. The van der Waals surface area contributed by atoms with Crippen molar-refractivity contribution in [3.8, 4) is 5.75 Å². The minimum atomic E-state index is -5.08. The molecule has 11 heteroatoms. The van der Waals surface area contributed by atoms with Gasteiger partial charge in [-0.05, 0) is 29.8 Å². The van der Waals surface area contributed by atoms with Gasteiger partial charge in [0, 0.05) is 6.20 Å². The molecule has 1 aromatic carbocycles. The van der Waals surface area contributed by atoms with Crippen LogP contribution in [0.3, 0.4) is 0 Å². The first-order chi connectivity index (χ1) is 13.2. The van der Waals surface area contributed by atoms with Crippen molar-refractivity contribution in [2.75, 3.05) is 13.2 Å². The Morgan fingerprint density at radius 3 is 2.54 bits per heavy atom. The SMILES string of the molecule is O=C(N[C@@H](c1ccc(OC(F)(F)F)c(F)c1)c1ncccc1F)OC1COC1. The van der Waals surface area contributed by atoms with Gasteiger partial charge in [0.15, 0.2) is 17.7 Å². The fourth-order valence-electron chi connectivity index (χ4n) is 2.41. The van der Waals surface area contributed by atoms with Crippen molar-refractivity contribution in [3.05, 3.63) is 59.4 Å². The van der Waals surface area contributed by atoms with Gasteiger partial charge in [0.25, 0.3) is 0 Å². The van der Waals surface area contributed by atoms with Crippen molar-refractivity contribution in [1.29, 1.82) is 0 Å². The number of carbonyl (C=O) groups is 1. The van der Waals surface area contributed by atoms with Crippen molar-refractivity contribution in [3.63, 3.8) is 0 Å². The zero-order valence-electron chi connectivity index (χ0n) is 14.0. The molecule has 0 unspecified atom stereocenters. The van der Waals surface area contributed by atoms with E-state index in [1.54, 1.807) is 0 Å². The number of alkyl carbamates (subject to hydrolysis) is 1. The summed E-state index contributed by atoms with van der Waals surface area (Å²) in [6.07, 6.45) is -5.26. The van der Waals surface area contributed by atoms with E-state index in [0.717, 1.165) is 18.2 Å². The van der Waals surface area contributed by atoms with Crippen LogP contribution >= 0.6 is 0 Å². The molecule has 2 aromatic rings. The normalized spacial score (nSPS) is 15.5. The molecule has 0 saturated carbocycles. The Hall–Kier alpha value is -2.95. The number of nitrogens with one attached hydrogen (secondary N) is 1. The maximum absolute atomic E-state index is 14.2. The van der Waals surface area contributed by atoms with Gasteiger partial charge in [-0.1, -0.05) is 6.07 Å². The summed E-state index contributed by atoms with van der Waals surface area (Å²) in [6.45, 7) is 0.405. The lowest BCUT2D eigenvalue weighted by atomic mass is 10.0. The number of pyridine rings is 1. The van der Waals surface area contributed by atoms with Crippen LogP contribution in [0.4, 0.5) is 26.7 Å². The van der Waals surface area contributed by atoms with Crippen LogP contribution in [0.5, 0.6) is 5.75 Å². The van der Waals surface area contributed by atoms with Gasteiger partial charge in [-0.25, -0.2) is 13.6 Å². The second-order valence-electron chi connectivity index (χ2n) is 5.75. The topological polar surface area (TPSA) is 69.7 Å². The van der Waals surface area contributed by atoms with Crippen LogP contribution < -0.4 is 10.1 Å². The highest BCUT2D eigenvalue weighted by atomic mass is 19.4. The van der Waals surface area contributed by atoms with Crippen molar-refractivity contribution in [1.82, 2.24) is 10.3 Å². The number of rotatable bonds is 5. The van der Waals surface area contributed by atoms with Crippen molar-refractivity contribution >= 4 is 6.09 Å². The van der Waals surface area contributed by atoms with Crippen LogP contribution in [-0.2, 0) is 9.47 Å². The van der Waals surface area contributed by atoms with Crippen LogP contribution in [0.2, 0.25) is 0 Å². The van der Waals surface area contributed by atoms with Gasteiger partial charge in [0.1, 0.15) is 17.6 Å². The fourth-order valence-corrected chi connectivity index (χ4v) is 2.41. The Kier molecular flexibility index (Phi) is 5.63. The number of alkyl halides is 3. The molecule has 3 rings (SSSR count). The standard InChI is InChI=1S/C17H13F5N2O4/c18-11-2-1-5-23-15(11)14(24-16(25)27-10-7-26-8-10)9-3-4-13(12(19)6-9)28-17(20,21)22/h1-6,10,14H,7-8H2,(H,24,25)/t14-/m0/s1. The van der Waals surface area contributed by atoms with E-state index in [-0.39, 0.29) is 24.5 Å². The summed E-state index contributed by atoms with van der Waals surface area (Å²) in [5.41, 5.74) is -0.334. The van der Waals surface area contributed by atoms with Crippen LogP contribution in [0, 0.1) is 11.6 Å². The summed E-state index contributed by atoms with van der Waals surface area (Å²) < 4.78 is 78.6. The molecule has 1 aliphatic heterocycles. The molecular formula is C17H13F5N2O4. The van der Waals surface area contributed by atoms with Crippen LogP contribution in [0.1, 0.15) is 17.3 Å². The number of carbonyl (C=O) groups excluding carboxylic acids is 1. The summed E-state index contributed by atoms with van der Waals surface area (Å²) in [7, 11) is 0. The van der Waals surface area contributed by atoms with Gasteiger partial charge in [-0.2, -0.15) is 0 Å². The van der Waals surface area contributed by atoms with E-state index in [1.807, 2.05) is 0 Å². The number of nitrogens with zero attached hydrogens (tertiary/aromatic N) is 1. The molecule has 1 saturated heterocycles. The summed E-state index contributed by atoms with van der Waals surface area (Å²) in [5, 5.41) is 2.34. The first-order valence-electron chi connectivity index (χ1n) is 7.93. The van der Waals surface area contributed by atoms with E-state index in [0.29, 0.717) is 6.07 Å². The van der Waals surface area contributed by atoms with Gasteiger partial charge in [-0.15, -0.1) is 13.2 Å². The Labute approximate surface area is 155 Å². The van der Waals surface area contributed by atoms with Gasteiger partial charge < -0.3 is 19.5 Å². The predicted octanol–water partition coefficient (Wildman–Crippen LogP) is 3.47. The highest BCUT2D eigenvalue weighted by Crippen LogP contribution is 2.30. The lowest BCUT2D eigenvalue weighted by Gasteiger charge is -2.27. The number of aromatic nitrogens is 1. The molecule has 1 aliphatic rings. The number of hydrogen-bond donors (Lipinski definition) is 1. The quantitative estimate of drug-likeness (QED) is 0.773. The van der Waals surface area contributed by atoms with E-state index in [1.165, 1.54) is 12.3 Å². The molecule has 0 radical (unpaired) electrons. The highest BCUT2D eigenvalue weighted by Gasteiger charge is 2.33. The Balaban J connectivity index is 1.88. The minimum Gasteiger partial charge on any atom is -0.441 e. The number of hydrogen-bond acceptors (Lipinski definition) is 5. The molecule has 1 fully saturated rings. The molecular weight excluding hydrogens is 391 g/mol. The average Bonchev–Trinajstić information content (AvgIpc) is 2.58. The molecule has 6 nitrogen and oxygen atoms in total. The minimum absolute atomic E-state index is 0.0635. The molecule has 150 valence electrons. The Morgan fingerprint density at radius 2 is 1.96 bits per heavy atom. The van der Waals surface area contributed by atoms with Gasteiger partial charge >= 0.3 is 12.5 Å². The van der Waals surface area contributed by atoms with Crippen LogP contribution in [0.25, 0.3) is 0 Å². The predicted molar refractivity (Wildman–Crippen MR) is 83.3 cm³/mol. The van der Waals surface area contributed by atoms with Crippen LogP contribution in [0.15, 0.2) is 36.5 Å². The largest absolute Gasteiger partial charge is 0.573 e. The van der Waals surface area contributed by atoms with Crippen molar-refractivity contribution < 1.29 is 41.0 Å². The fraction of sp³-hybridized carbons (Fsp3) is 0.294. The Morgan fingerprint density at radius 1 is 1.21 bits per heavy atom. The third-order valence-electron chi connectivity index (χ3n) is 3.72. The maximum Gasteiger partial charge on any atom is 0.573 e. The highest BCUT2D eigenvalue weighted by molar-refractivity contribution is 5.69. The number of halogens is 5. The van der Waals surface area contributed by atoms with E-state index < -0.39 is 42.0 Å². The zero-order valence-corrected chi connectivity index (χ0v) is 14.0. The number of ether oxygens (including phenoxy) is 3. The van der Waals surface area contributed by atoms with E-state index >= 15 is 0 Å². The second kappa shape index (κ2) is 7.97. The number of amides is 1. The zero-order chi connectivity index (χ0) is 20.3. The van der Waals surface area contributed by atoms with Gasteiger partial charge in [-0.3, -0.25) is 4.98 Å². The van der Waals surface area contributed by atoms with Gasteiger partial charge in [0.2, 0.25) is 0 Å². The molecule has 0 bridgehead atoms. The van der Waals surface area contributed by atoms with Crippen molar-refractivity contribution in [2.45, 2.75) is 18.5 Å². The third kappa shape index (κ3) is 4.85. The molecule has 1 amide bonds. The van der Waals surface area contributed by atoms with E-state index in [2.05, 4.69) is 15.0 Å². The molecule has 28 heavy (non-hydrogen) atoms.